The first-order valence-electron chi connectivity index (χ1n) is 8.03. The molecule has 0 aliphatic rings. The molecule has 0 radical (unpaired) electrons. The van der Waals surface area contributed by atoms with Gasteiger partial charge in [-0.05, 0) is 36.8 Å². The molecule has 0 aliphatic carbocycles. The topological polar surface area (TPSA) is 49.9 Å². The molecule has 6 nitrogen and oxygen atoms in total. The summed E-state index contributed by atoms with van der Waals surface area (Å²) < 4.78 is 4.16. The van der Waals surface area contributed by atoms with E-state index >= 15 is 0 Å². The summed E-state index contributed by atoms with van der Waals surface area (Å²) in [6, 6.07) is 8.34. The second-order valence-electron chi connectivity index (χ2n) is 6.07. The van der Waals surface area contributed by atoms with Crippen LogP contribution in [0.15, 0.2) is 47.8 Å². The molecule has 0 saturated heterocycles. The zero-order valence-electron chi connectivity index (χ0n) is 15.1. The molecular formula is C18H25IN6. The van der Waals surface area contributed by atoms with Crippen LogP contribution in [-0.2, 0) is 20.1 Å². The van der Waals surface area contributed by atoms with Crippen molar-refractivity contribution in [1.29, 1.82) is 0 Å². The zero-order chi connectivity index (χ0) is 17.1. The normalized spacial score (nSPS) is 11.4. The van der Waals surface area contributed by atoms with E-state index in [4.69, 9.17) is 0 Å². The highest BCUT2D eigenvalue weighted by Crippen LogP contribution is 2.08. The molecule has 0 unspecified atom stereocenters. The number of pyridine rings is 1. The molecule has 0 spiro atoms. The fourth-order valence-electron chi connectivity index (χ4n) is 2.75. The lowest BCUT2D eigenvalue weighted by Crippen LogP contribution is -2.38. The number of rotatable bonds is 4. The molecule has 3 aromatic heterocycles. The SMILES string of the molecule is CN=C(NCc1cn2ccc(C)cc2n1)N(C)Cc1cccn1C.I. The van der Waals surface area contributed by atoms with Crippen LogP contribution in [0.2, 0.25) is 0 Å². The highest BCUT2D eigenvalue weighted by Gasteiger charge is 2.09. The first-order valence-corrected chi connectivity index (χ1v) is 8.03. The van der Waals surface area contributed by atoms with E-state index in [1.165, 1.54) is 11.3 Å². The Bertz CT molecular complexity index is 863. The number of nitrogens with zero attached hydrogens (tertiary/aromatic N) is 5. The van der Waals surface area contributed by atoms with Gasteiger partial charge in [0.15, 0.2) is 5.96 Å². The molecule has 3 rings (SSSR count). The number of aryl methyl sites for hydroxylation is 2. The van der Waals surface area contributed by atoms with E-state index in [2.05, 4.69) is 69.2 Å². The van der Waals surface area contributed by atoms with Crippen molar-refractivity contribution in [2.24, 2.45) is 12.0 Å². The predicted octanol–water partition coefficient (Wildman–Crippen LogP) is 2.81. The summed E-state index contributed by atoms with van der Waals surface area (Å²) in [4.78, 5) is 11.1. The number of fused-ring (bicyclic) bond motifs is 1. The number of hydrogen-bond donors (Lipinski definition) is 1. The van der Waals surface area contributed by atoms with E-state index in [-0.39, 0.29) is 24.0 Å². The molecule has 0 bridgehead atoms. The van der Waals surface area contributed by atoms with Crippen LogP contribution in [0.4, 0.5) is 0 Å². The molecule has 0 atom stereocenters. The molecule has 3 aromatic rings. The summed E-state index contributed by atoms with van der Waals surface area (Å²) in [7, 11) is 5.89. The van der Waals surface area contributed by atoms with Gasteiger partial charge in [-0.1, -0.05) is 0 Å². The number of nitrogens with one attached hydrogen (secondary N) is 1. The standard InChI is InChI=1S/C18H24N6.HI/c1-14-7-9-24-12-15(21-17(24)10-14)11-20-18(19-2)23(4)13-16-6-5-8-22(16)3;/h5-10,12H,11,13H2,1-4H3,(H,19,20);1H. The van der Waals surface area contributed by atoms with Crippen LogP contribution in [-0.4, -0.2) is 38.9 Å². The third-order valence-corrected chi connectivity index (χ3v) is 4.12. The number of hydrogen-bond acceptors (Lipinski definition) is 2. The lowest BCUT2D eigenvalue weighted by Gasteiger charge is -2.22. The first kappa shape index (κ1) is 19.3. The van der Waals surface area contributed by atoms with Gasteiger partial charge in [0.1, 0.15) is 5.65 Å². The molecule has 1 N–H and O–H groups in total. The highest BCUT2D eigenvalue weighted by molar-refractivity contribution is 14.0. The third kappa shape index (κ3) is 4.53. The summed E-state index contributed by atoms with van der Waals surface area (Å²) in [5.41, 5.74) is 4.42. The van der Waals surface area contributed by atoms with Gasteiger partial charge < -0.3 is 19.2 Å². The van der Waals surface area contributed by atoms with Gasteiger partial charge in [0.25, 0.3) is 0 Å². The first-order chi connectivity index (χ1) is 11.6. The van der Waals surface area contributed by atoms with Gasteiger partial charge in [0, 0.05) is 45.4 Å². The smallest absolute Gasteiger partial charge is 0.194 e. The summed E-state index contributed by atoms with van der Waals surface area (Å²) in [5.74, 6) is 0.851. The van der Waals surface area contributed by atoms with Gasteiger partial charge in [0.2, 0.25) is 0 Å². The second-order valence-corrected chi connectivity index (χ2v) is 6.07. The Hall–Kier alpha value is -2.03. The van der Waals surface area contributed by atoms with Crippen molar-refractivity contribution in [3.63, 3.8) is 0 Å². The van der Waals surface area contributed by atoms with Crippen LogP contribution in [0.5, 0.6) is 0 Å². The Kier molecular flexibility index (Phi) is 6.46. The van der Waals surface area contributed by atoms with Gasteiger partial charge in [-0.3, -0.25) is 4.99 Å². The number of aromatic nitrogens is 3. The van der Waals surface area contributed by atoms with Crippen molar-refractivity contribution < 1.29 is 0 Å². The van der Waals surface area contributed by atoms with Crippen LogP contribution < -0.4 is 5.32 Å². The lowest BCUT2D eigenvalue weighted by molar-refractivity contribution is 0.461. The largest absolute Gasteiger partial charge is 0.353 e. The molecular weight excluding hydrogens is 427 g/mol. The maximum absolute atomic E-state index is 4.65. The fraction of sp³-hybridized carbons (Fsp3) is 0.333. The number of guanidine groups is 1. The van der Waals surface area contributed by atoms with Gasteiger partial charge in [0.05, 0.1) is 18.8 Å². The maximum atomic E-state index is 4.65. The summed E-state index contributed by atoms with van der Waals surface area (Å²) in [6.07, 6.45) is 6.14. The Morgan fingerprint density at radius 3 is 2.80 bits per heavy atom. The van der Waals surface area contributed by atoms with E-state index in [0.717, 1.165) is 23.8 Å². The van der Waals surface area contributed by atoms with Gasteiger partial charge in [-0.2, -0.15) is 0 Å². The number of halogens is 1. The third-order valence-electron chi connectivity index (χ3n) is 4.12. The Balaban J connectivity index is 0.00000225. The molecule has 25 heavy (non-hydrogen) atoms. The number of aliphatic imine (C=N–C) groups is 1. The number of imidazole rings is 1. The Morgan fingerprint density at radius 1 is 1.32 bits per heavy atom. The molecule has 134 valence electrons. The van der Waals surface area contributed by atoms with E-state index in [9.17, 15) is 0 Å². The molecule has 0 saturated carbocycles. The van der Waals surface area contributed by atoms with Crippen LogP contribution in [0.1, 0.15) is 17.0 Å². The Labute approximate surface area is 165 Å². The highest BCUT2D eigenvalue weighted by atomic mass is 127. The predicted molar refractivity (Wildman–Crippen MR) is 112 cm³/mol. The zero-order valence-corrected chi connectivity index (χ0v) is 17.4. The summed E-state index contributed by atoms with van der Waals surface area (Å²) in [5, 5.41) is 3.38. The molecule has 0 fully saturated rings. The van der Waals surface area contributed by atoms with Crippen LogP contribution >= 0.6 is 24.0 Å². The van der Waals surface area contributed by atoms with Crippen molar-refractivity contribution in [3.05, 3.63) is 59.8 Å². The van der Waals surface area contributed by atoms with E-state index in [1.807, 2.05) is 23.8 Å². The van der Waals surface area contributed by atoms with Gasteiger partial charge in [-0.15, -0.1) is 24.0 Å². The summed E-state index contributed by atoms with van der Waals surface area (Å²) >= 11 is 0. The van der Waals surface area contributed by atoms with Crippen LogP contribution in [0.25, 0.3) is 5.65 Å². The van der Waals surface area contributed by atoms with Crippen molar-refractivity contribution in [3.8, 4) is 0 Å². The van der Waals surface area contributed by atoms with E-state index in [0.29, 0.717) is 6.54 Å². The maximum Gasteiger partial charge on any atom is 0.194 e. The van der Waals surface area contributed by atoms with Gasteiger partial charge >= 0.3 is 0 Å². The fourth-order valence-corrected chi connectivity index (χ4v) is 2.75. The minimum absolute atomic E-state index is 0. The molecule has 7 heteroatoms. The van der Waals surface area contributed by atoms with Crippen molar-refractivity contribution in [1.82, 2.24) is 24.2 Å². The lowest BCUT2D eigenvalue weighted by atomic mass is 10.3. The minimum Gasteiger partial charge on any atom is -0.353 e. The molecule has 0 amide bonds. The van der Waals surface area contributed by atoms with Crippen molar-refractivity contribution in [2.45, 2.75) is 20.0 Å². The van der Waals surface area contributed by atoms with Crippen molar-refractivity contribution >= 4 is 35.6 Å². The van der Waals surface area contributed by atoms with Gasteiger partial charge in [-0.25, -0.2) is 4.98 Å². The second kappa shape index (κ2) is 8.37. The van der Waals surface area contributed by atoms with E-state index < -0.39 is 0 Å². The van der Waals surface area contributed by atoms with Crippen LogP contribution in [0.3, 0.4) is 0 Å². The molecule has 3 heterocycles. The molecule has 0 aromatic carbocycles. The monoisotopic (exact) mass is 452 g/mol. The van der Waals surface area contributed by atoms with Crippen molar-refractivity contribution in [2.75, 3.05) is 14.1 Å². The minimum atomic E-state index is 0. The summed E-state index contributed by atoms with van der Waals surface area (Å²) in [6.45, 7) is 3.52. The average molecular weight is 452 g/mol. The Morgan fingerprint density at radius 2 is 2.12 bits per heavy atom. The quantitative estimate of drug-likeness (QED) is 0.377. The molecule has 0 aliphatic heterocycles. The van der Waals surface area contributed by atoms with Crippen LogP contribution in [0, 0.1) is 6.92 Å². The average Bonchev–Trinajstić information content (AvgIpc) is 3.13. The van der Waals surface area contributed by atoms with E-state index in [1.54, 1.807) is 7.05 Å².